The van der Waals surface area contributed by atoms with Crippen LogP contribution in [0.15, 0.2) is 48.7 Å². The van der Waals surface area contributed by atoms with Gasteiger partial charge in [0.05, 0.1) is 6.04 Å². The van der Waals surface area contributed by atoms with Crippen LogP contribution in [0.1, 0.15) is 11.1 Å². The topological polar surface area (TPSA) is 62.5 Å². The van der Waals surface area contributed by atoms with E-state index < -0.39 is 0 Å². The summed E-state index contributed by atoms with van der Waals surface area (Å²) in [6, 6.07) is 12.3. The molecule has 1 aliphatic rings. The van der Waals surface area contributed by atoms with Crippen LogP contribution in [0.25, 0.3) is 6.08 Å². The Balaban J connectivity index is 1.60. The second kappa shape index (κ2) is 6.74. The number of aromatic nitrogens is 1. The Morgan fingerprint density at radius 3 is 2.88 bits per heavy atom. The zero-order valence-electron chi connectivity index (χ0n) is 14.0. The molecule has 1 aromatic carbocycles. The number of rotatable bonds is 4. The third kappa shape index (κ3) is 3.40. The lowest BCUT2D eigenvalue weighted by Crippen LogP contribution is -2.40. The molecule has 3 rings (SSSR count). The third-order valence-electron chi connectivity index (χ3n) is 4.46. The average molecular weight is 322 g/mol. The number of benzene rings is 1. The molecule has 1 unspecified atom stereocenters. The van der Waals surface area contributed by atoms with Crippen molar-refractivity contribution in [2.45, 2.75) is 12.5 Å². The molecule has 0 radical (unpaired) electrons. The molecule has 0 bridgehead atoms. The van der Waals surface area contributed by atoms with Gasteiger partial charge in [0.2, 0.25) is 5.91 Å². The van der Waals surface area contributed by atoms with Crippen molar-refractivity contribution in [3.63, 3.8) is 0 Å². The lowest BCUT2D eigenvalue weighted by Gasteiger charge is -2.27. The molecule has 1 atom stereocenters. The highest BCUT2D eigenvalue weighted by Crippen LogP contribution is 2.30. The molecule has 0 saturated carbocycles. The van der Waals surface area contributed by atoms with Gasteiger partial charge in [0.15, 0.2) is 0 Å². The van der Waals surface area contributed by atoms with Crippen LogP contribution in [0.3, 0.4) is 0 Å². The van der Waals surface area contributed by atoms with Gasteiger partial charge in [-0.05, 0) is 41.8 Å². The molecule has 24 heavy (non-hydrogen) atoms. The predicted octanol–water partition coefficient (Wildman–Crippen LogP) is 2.20. The summed E-state index contributed by atoms with van der Waals surface area (Å²) in [6.07, 6.45) is 5.96. The van der Waals surface area contributed by atoms with Crippen molar-refractivity contribution in [1.82, 2.24) is 9.88 Å². The molecule has 0 spiro atoms. The minimum atomic E-state index is -0.0174. The van der Waals surface area contributed by atoms with Crippen molar-refractivity contribution >= 4 is 23.5 Å². The summed E-state index contributed by atoms with van der Waals surface area (Å²) in [5, 5.41) is 0. The Bertz CT molecular complexity index is 754. The van der Waals surface area contributed by atoms with Gasteiger partial charge in [0.1, 0.15) is 5.82 Å². The fraction of sp³-hybridized carbons (Fsp3) is 0.263. The molecule has 5 nitrogen and oxygen atoms in total. The van der Waals surface area contributed by atoms with Crippen molar-refractivity contribution in [2.24, 2.45) is 0 Å². The molecule has 0 fully saturated rings. The molecule has 2 heterocycles. The van der Waals surface area contributed by atoms with Gasteiger partial charge >= 0.3 is 0 Å². The zero-order chi connectivity index (χ0) is 17.1. The average Bonchev–Trinajstić information content (AvgIpc) is 2.90. The maximum absolute atomic E-state index is 12.3. The van der Waals surface area contributed by atoms with Crippen LogP contribution in [0, 0.1) is 0 Å². The van der Waals surface area contributed by atoms with E-state index in [1.165, 1.54) is 11.3 Å². The minimum absolute atomic E-state index is 0.0174. The number of para-hydroxylation sites is 1. The summed E-state index contributed by atoms with van der Waals surface area (Å²) in [6.45, 7) is 0.689. The van der Waals surface area contributed by atoms with Gasteiger partial charge in [0, 0.05) is 38.6 Å². The standard InChI is InChI=1S/C19H22N4O/c1-22(19(24)10-8-14-7-9-18(20)21-12-14)13-16-11-15-5-3-4-6-17(15)23(16)2/h3-10,12,16H,11,13H2,1-2H3,(H2,20,21). The summed E-state index contributed by atoms with van der Waals surface area (Å²) in [5.74, 6) is 0.454. The Labute approximate surface area is 142 Å². The summed E-state index contributed by atoms with van der Waals surface area (Å²) < 4.78 is 0. The van der Waals surface area contributed by atoms with E-state index in [-0.39, 0.29) is 5.91 Å². The van der Waals surface area contributed by atoms with Crippen LogP contribution in [0.4, 0.5) is 11.5 Å². The van der Waals surface area contributed by atoms with Crippen LogP contribution in [-0.4, -0.2) is 42.5 Å². The molecule has 2 aromatic rings. The molecular weight excluding hydrogens is 300 g/mol. The molecule has 0 saturated heterocycles. The Hall–Kier alpha value is -2.82. The summed E-state index contributed by atoms with van der Waals surface area (Å²) >= 11 is 0. The zero-order valence-corrected chi connectivity index (χ0v) is 14.0. The largest absolute Gasteiger partial charge is 0.384 e. The molecular formula is C19H22N4O. The lowest BCUT2D eigenvalue weighted by molar-refractivity contribution is -0.124. The van der Waals surface area contributed by atoms with Crippen molar-refractivity contribution in [3.05, 3.63) is 59.8 Å². The highest BCUT2D eigenvalue weighted by atomic mass is 16.2. The normalized spacial score (nSPS) is 16.4. The summed E-state index contributed by atoms with van der Waals surface area (Å²) in [4.78, 5) is 20.4. The lowest BCUT2D eigenvalue weighted by atomic mass is 10.1. The van der Waals surface area contributed by atoms with Gasteiger partial charge in [0.25, 0.3) is 0 Å². The fourth-order valence-electron chi connectivity index (χ4n) is 3.02. The van der Waals surface area contributed by atoms with Crippen LogP contribution >= 0.6 is 0 Å². The molecule has 124 valence electrons. The number of amides is 1. The molecule has 1 aliphatic heterocycles. The predicted molar refractivity (Wildman–Crippen MR) is 97.7 cm³/mol. The van der Waals surface area contributed by atoms with E-state index in [4.69, 9.17) is 5.73 Å². The summed E-state index contributed by atoms with van der Waals surface area (Å²) in [5.41, 5.74) is 9.01. The molecule has 2 N–H and O–H groups in total. The van der Waals surface area contributed by atoms with Crippen LogP contribution in [0.5, 0.6) is 0 Å². The summed E-state index contributed by atoms with van der Waals surface area (Å²) in [7, 11) is 3.93. The van der Waals surface area contributed by atoms with E-state index in [1.54, 1.807) is 29.3 Å². The van der Waals surface area contributed by atoms with Gasteiger partial charge in [-0.2, -0.15) is 0 Å². The van der Waals surface area contributed by atoms with Gasteiger partial charge in [-0.15, -0.1) is 0 Å². The van der Waals surface area contributed by atoms with Crippen LogP contribution < -0.4 is 10.6 Å². The number of fused-ring (bicyclic) bond motifs is 1. The van der Waals surface area contributed by atoms with E-state index in [1.807, 2.05) is 13.1 Å². The smallest absolute Gasteiger partial charge is 0.246 e. The number of anilines is 2. The number of hydrogen-bond acceptors (Lipinski definition) is 4. The van der Waals surface area contributed by atoms with Crippen molar-refractivity contribution < 1.29 is 4.79 Å². The molecule has 5 heteroatoms. The second-order valence-electron chi connectivity index (χ2n) is 6.17. The maximum atomic E-state index is 12.3. The number of carbonyl (C=O) groups excluding carboxylic acids is 1. The van der Waals surface area contributed by atoms with E-state index >= 15 is 0 Å². The molecule has 0 aliphatic carbocycles. The van der Waals surface area contributed by atoms with Gasteiger partial charge < -0.3 is 15.5 Å². The van der Waals surface area contributed by atoms with Crippen molar-refractivity contribution in [1.29, 1.82) is 0 Å². The van der Waals surface area contributed by atoms with E-state index in [9.17, 15) is 4.79 Å². The maximum Gasteiger partial charge on any atom is 0.246 e. The first kappa shape index (κ1) is 16.1. The number of carbonyl (C=O) groups is 1. The first-order chi connectivity index (χ1) is 11.5. The first-order valence-electron chi connectivity index (χ1n) is 8.00. The highest BCUT2D eigenvalue weighted by Gasteiger charge is 2.27. The van der Waals surface area contributed by atoms with E-state index in [0.717, 1.165) is 12.0 Å². The van der Waals surface area contributed by atoms with E-state index in [2.05, 4.69) is 41.2 Å². The molecule has 1 amide bonds. The van der Waals surface area contributed by atoms with Crippen LogP contribution in [0.2, 0.25) is 0 Å². The Morgan fingerprint density at radius 1 is 1.38 bits per heavy atom. The van der Waals surface area contributed by atoms with E-state index in [0.29, 0.717) is 18.4 Å². The van der Waals surface area contributed by atoms with Gasteiger partial charge in [-0.25, -0.2) is 4.98 Å². The Morgan fingerprint density at radius 2 is 2.17 bits per heavy atom. The van der Waals surface area contributed by atoms with Crippen molar-refractivity contribution in [3.8, 4) is 0 Å². The van der Waals surface area contributed by atoms with Gasteiger partial charge in [-0.1, -0.05) is 18.2 Å². The second-order valence-corrected chi connectivity index (χ2v) is 6.17. The third-order valence-corrected chi connectivity index (χ3v) is 4.46. The highest BCUT2D eigenvalue weighted by molar-refractivity contribution is 5.91. The quantitative estimate of drug-likeness (QED) is 0.877. The van der Waals surface area contributed by atoms with Crippen LogP contribution in [-0.2, 0) is 11.2 Å². The van der Waals surface area contributed by atoms with Gasteiger partial charge in [-0.3, -0.25) is 4.79 Å². The number of likely N-dealkylation sites (N-methyl/N-ethyl adjacent to an activating group) is 2. The number of hydrogen-bond donors (Lipinski definition) is 1. The van der Waals surface area contributed by atoms with Crippen molar-refractivity contribution in [2.75, 3.05) is 31.3 Å². The first-order valence-corrected chi connectivity index (χ1v) is 8.00. The monoisotopic (exact) mass is 322 g/mol. The molecule has 1 aromatic heterocycles. The number of nitrogens with two attached hydrogens (primary N) is 1. The SMILES string of the molecule is CN(CC1Cc2ccccc2N1C)C(=O)C=Cc1ccc(N)nc1. The number of nitrogen functional groups attached to an aromatic ring is 1. The fourth-order valence-corrected chi connectivity index (χ4v) is 3.02. The number of pyridine rings is 1. The number of nitrogens with zero attached hydrogens (tertiary/aromatic N) is 3. The Kier molecular flexibility index (Phi) is 4.51. The minimum Gasteiger partial charge on any atom is -0.384 e.